The summed E-state index contributed by atoms with van der Waals surface area (Å²) in [7, 11) is 0. The SMILES string of the molecule is CCn1c(SCc2cc(=O)n3ccc(C)cc3n2)nc2sc3c(c2c1=O)CCCC3. The van der Waals surface area contributed by atoms with Crippen molar-refractivity contribution in [1.29, 1.82) is 0 Å². The van der Waals surface area contributed by atoms with Gasteiger partial charge in [0, 0.05) is 29.4 Å². The van der Waals surface area contributed by atoms with Crippen molar-refractivity contribution in [2.75, 3.05) is 0 Å². The summed E-state index contributed by atoms with van der Waals surface area (Å²) < 4.78 is 3.30. The number of aryl methyl sites for hydroxylation is 3. The highest BCUT2D eigenvalue weighted by molar-refractivity contribution is 7.98. The molecule has 0 amide bonds. The third-order valence-electron chi connectivity index (χ3n) is 5.58. The first-order valence-corrected chi connectivity index (χ1v) is 12.0. The average Bonchev–Trinajstić information content (AvgIpc) is 3.10. The summed E-state index contributed by atoms with van der Waals surface area (Å²) in [6, 6.07) is 5.36. The smallest absolute Gasteiger partial charge is 0.263 e. The molecule has 0 unspecified atom stereocenters. The van der Waals surface area contributed by atoms with Gasteiger partial charge in [0.1, 0.15) is 10.5 Å². The van der Waals surface area contributed by atoms with Gasteiger partial charge in [-0.3, -0.25) is 18.6 Å². The van der Waals surface area contributed by atoms with Gasteiger partial charge < -0.3 is 0 Å². The van der Waals surface area contributed by atoms with Crippen LogP contribution >= 0.6 is 23.1 Å². The lowest BCUT2D eigenvalue weighted by Crippen LogP contribution is -2.23. The first kappa shape index (κ1) is 19.5. The normalized spacial score (nSPS) is 13.8. The molecule has 154 valence electrons. The first-order valence-electron chi connectivity index (χ1n) is 10.2. The van der Waals surface area contributed by atoms with Crippen molar-refractivity contribution in [3.05, 3.63) is 66.8 Å². The standard InChI is InChI=1S/C22H22N4O2S2/c1-3-25-21(28)19-15-6-4-5-7-16(15)30-20(19)24-22(25)29-12-14-11-18(27)26-9-8-13(2)10-17(26)23-14/h8-11H,3-7,12H2,1-2H3. The summed E-state index contributed by atoms with van der Waals surface area (Å²) in [6.07, 6.45) is 6.11. The molecule has 6 nitrogen and oxygen atoms in total. The van der Waals surface area contributed by atoms with Gasteiger partial charge in [0.05, 0.1) is 11.1 Å². The van der Waals surface area contributed by atoms with Gasteiger partial charge in [-0.25, -0.2) is 9.97 Å². The Morgan fingerprint density at radius 2 is 2.00 bits per heavy atom. The fourth-order valence-corrected chi connectivity index (χ4v) is 6.33. The van der Waals surface area contributed by atoms with E-state index in [9.17, 15) is 9.59 Å². The second kappa shape index (κ2) is 7.67. The summed E-state index contributed by atoms with van der Waals surface area (Å²) >= 11 is 3.14. The number of fused-ring (bicyclic) bond motifs is 4. The van der Waals surface area contributed by atoms with Crippen molar-refractivity contribution in [3.8, 4) is 0 Å². The molecule has 0 atom stereocenters. The maximum atomic E-state index is 13.2. The minimum atomic E-state index is -0.0992. The highest BCUT2D eigenvalue weighted by Gasteiger charge is 2.22. The van der Waals surface area contributed by atoms with Crippen molar-refractivity contribution in [1.82, 2.24) is 18.9 Å². The van der Waals surface area contributed by atoms with Crippen molar-refractivity contribution in [2.45, 2.75) is 57.0 Å². The Labute approximate surface area is 181 Å². The van der Waals surface area contributed by atoms with Gasteiger partial charge in [-0.15, -0.1) is 11.3 Å². The van der Waals surface area contributed by atoms with Crippen LogP contribution in [0.2, 0.25) is 0 Å². The van der Waals surface area contributed by atoms with E-state index < -0.39 is 0 Å². The number of hydrogen-bond donors (Lipinski definition) is 0. The summed E-state index contributed by atoms with van der Waals surface area (Å²) in [6.45, 7) is 4.52. The molecule has 8 heteroatoms. The largest absolute Gasteiger partial charge is 0.287 e. The molecule has 0 radical (unpaired) electrons. The first-order chi connectivity index (χ1) is 14.5. The second-order valence-corrected chi connectivity index (χ2v) is 9.67. The zero-order valence-corrected chi connectivity index (χ0v) is 18.6. The van der Waals surface area contributed by atoms with Crippen LogP contribution in [0.25, 0.3) is 15.9 Å². The zero-order valence-electron chi connectivity index (χ0n) is 17.0. The molecule has 0 saturated heterocycles. The maximum absolute atomic E-state index is 13.2. The highest BCUT2D eigenvalue weighted by Crippen LogP contribution is 2.35. The fraction of sp³-hybridized carbons (Fsp3) is 0.364. The van der Waals surface area contributed by atoms with E-state index in [2.05, 4.69) is 4.98 Å². The van der Waals surface area contributed by atoms with Gasteiger partial charge in [-0.1, -0.05) is 11.8 Å². The quantitative estimate of drug-likeness (QED) is 0.356. The number of pyridine rings is 1. The van der Waals surface area contributed by atoms with Crippen molar-refractivity contribution >= 4 is 39.0 Å². The van der Waals surface area contributed by atoms with E-state index >= 15 is 0 Å². The van der Waals surface area contributed by atoms with Crippen LogP contribution in [0.3, 0.4) is 0 Å². The fourth-order valence-electron chi connectivity index (χ4n) is 4.08. The van der Waals surface area contributed by atoms with Crippen LogP contribution in [0, 0.1) is 6.92 Å². The van der Waals surface area contributed by atoms with Gasteiger partial charge in [-0.05, 0) is 62.8 Å². The summed E-state index contributed by atoms with van der Waals surface area (Å²) in [5, 5.41) is 1.51. The monoisotopic (exact) mass is 438 g/mol. The van der Waals surface area contributed by atoms with Crippen LogP contribution in [0.4, 0.5) is 0 Å². The Hall–Kier alpha value is -2.45. The Morgan fingerprint density at radius 1 is 1.17 bits per heavy atom. The zero-order chi connectivity index (χ0) is 20.8. The van der Waals surface area contributed by atoms with Crippen LogP contribution in [0.5, 0.6) is 0 Å². The number of nitrogens with zero attached hydrogens (tertiary/aromatic N) is 4. The second-order valence-electron chi connectivity index (χ2n) is 7.64. The molecule has 0 fully saturated rings. The third kappa shape index (κ3) is 3.28. The van der Waals surface area contributed by atoms with E-state index in [0.29, 0.717) is 28.8 Å². The molecule has 1 aliphatic rings. The molecule has 4 heterocycles. The molecule has 4 aromatic heterocycles. The molecular formula is C22H22N4O2S2. The Kier molecular flexibility index (Phi) is 4.99. The van der Waals surface area contributed by atoms with Crippen LogP contribution < -0.4 is 11.1 Å². The van der Waals surface area contributed by atoms with Crippen LogP contribution in [-0.2, 0) is 25.1 Å². The van der Waals surface area contributed by atoms with E-state index in [1.54, 1.807) is 32.6 Å². The molecule has 4 aromatic rings. The molecule has 0 aliphatic heterocycles. The maximum Gasteiger partial charge on any atom is 0.263 e. The van der Waals surface area contributed by atoms with Crippen molar-refractivity contribution in [2.24, 2.45) is 0 Å². The molecule has 0 saturated carbocycles. The molecule has 1 aliphatic carbocycles. The van der Waals surface area contributed by atoms with E-state index in [0.717, 1.165) is 35.0 Å². The van der Waals surface area contributed by atoms with Gasteiger partial charge in [0.25, 0.3) is 11.1 Å². The van der Waals surface area contributed by atoms with Crippen LogP contribution in [0.15, 0.2) is 39.1 Å². The van der Waals surface area contributed by atoms with Gasteiger partial charge in [0.15, 0.2) is 5.16 Å². The number of aromatic nitrogens is 4. The van der Waals surface area contributed by atoms with Gasteiger partial charge in [-0.2, -0.15) is 0 Å². The number of thioether (sulfide) groups is 1. The summed E-state index contributed by atoms with van der Waals surface area (Å²) in [4.78, 5) is 37.3. The lowest BCUT2D eigenvalue weighted by molar-refractivity contribution is 0.633. The Morgan fingerprint density at radius 3 is 2.83 bits per heavy atom. The summed E-state index contributed by atoms with van der Waals surface area (Å²) in [5.41, 5.74) is 3.57. The Balaban J connectivity index is 1.53. The molecule has 5 rings (SSSR count). The minimum Gasteiger partial charge on any atom is -0.287 e. The summed E-state index contributed by atoms with van der Waals surface area (Å²) in [5.74, 6) is 0.489. The van der Waals surface area contributed by atoms with Crippen molar-refractivity contribution < 1.29 is 0 Å². The number of thiophene rings is 1. The van der Waals surface area contributed by atoms with E-state index in [1.165, 1.54) is 28.6 Å². The predicted octanol–water partition coefficient (Wildman–Crippen LogP) is 3.97. The number of rotatable bonds is 4. The molecule has 0 bridgehead atoms. The predicted molar refractivity (Wildman–Crippen MR) is 122 cm³/mol. The minimum absolute atomic E-state index is 0.0616. The van der Waals surface area contributed by atoms with E-state index in [1.807, 2.05) is 26.0 Å². The Bertz CT molecular complexity index is 1400. The lowest BCUT2D eigenvalue weighted by atomic mass is 9.97. The topological polar surface area (TPSA) is 69.3 Å². The number of hydrogen-bond acceptors (Lipinski definition) is 6. The van der Waals surface area contributed by atoms with Crippen LogP contribution in [0.1, 0.15) is 41.5 Å². The van der Waals surface area contributed by atoms with E-state index in [-0.39, 0.29) is 11.1 Å². The molecule has 0 spiro atoms. The van der Waals surface area contributed by atoms with Crippen molar-refractivity contribution in [3.63, 3.8) is 0 Å². The highest BCUT2D eigenvalue weighted by atomic mass is 32.2. The lowest BCUT2D eigenvalue weighted by Gasteiger charge is -2.12. The van der Waals surface area contributed by atoms with E-state index in [4.69, 9.17) is 4.98 Å². The molecule has 0 N–H and O–H groups in total. The van der Waals surface area contributed by atoms with Crippen LogP contribution in [-0.4, -0.2) is 18.9 Å². The molecular weight excluding hydrogens is 416 g/mol. The average molecular weight is 439 g/mol. The molecule has 30 heavy (non-hydrogen) atoms. The van der Waals surface area contributed by atoms with Gasteiger partial charge >= 0.3 is 0 Å². The molecule has 0 aromatic carbocycles. The van der Waals surface area contributed by atoms with Gasteiger partial charge in [0.2, 0.25) is 0 Å². The third-order valence-corrected chi connectivity index (χ3v) is 7.78.